The number of carbonyl (C=O) groups excluding carboxylic acids is 1. The van der Waals surface area contributed by atoms with Gasteiger partial charge >= 0.3 is 0 Å². The first-order chi connectivity index (χ1) is 11.4. The molecule has 0 aliphatic carbocycles. The van der Waals surface area contributed by atoms with Crippen LogP contribution in [0.4, 0.5) is 0 Å². The van der Waals surface area contributed by atoms with Gasteiger partial charge < -0.3 is 14.6 Å². The molecular formula is C17H24N4O3. The number of rotatable bonds is 4. The van der Waals surface area contributed by atoms with E-state index >= 15 is 0 Å². The highest BCUT2D eigenvalue weighted by molar-refractivity contribution is 5.80. The monoisotopic (exact) mass is 332 g/mol. The molecule has 2 aromatic heterocycles. The Morgan fingerprint density at radius 3 is 2.62 bits per heavy atom. The van der Waals surface area contributed by atoms with E-state index in [1.54, 1.807) is 0 Å². The number of aromatic nitrogens is 3. The Morgan fingerprint density at radius 2 is 2.04 bits per heavy atom. The summed E-state index contributed by atoms with van der Waals surface area (Å²) < 4.78 is 12.9. The second-order valence-electron chi connectivity index (χ2n) is 6.42. The summed E-state index contributed by atoms with van der Waals surface area (Å²) >= 11 is 0. The minimum Gasteiger partial charge on any atom is -0.373 e. The number of nitrogens with one attached hydrogen (secondary N) is 1. The molecule has 130 valence electrons. The van der Waals surface area contributed by atoms with E-state index in [1.165, 1.54) is 0 Å². The molecule has 0 radical (unpaired) electrons. The van der Waals surface area contributed by atoms with Crippen molar-refractivity contribution in [3.8, 4) is 0 Å². The van der Waals surface area contributed by atoms with Crippen LogP contribution in [0, 0.1) is 33.6 Å². The van der Waals surface area contributed by atoms with Crippen LogP contribution in [0.5, 0.6) is 0 Å². The number of aryl methyl sites for hydroxylation is 4. The minimum atomic E-state index is -0.233. The molecule has 0 saturated carbocycles. The molecule has 0 unspecified atom stereocenters. The molecule has 0 bridgehead atoms. The average Bonchev–Trinajstić information content (AvgIpc) is 3.18. The van der Waals surface area contributed by atoms with Crippen LogP contribution in [0.3, 0.4) is 0 Å². The van der Waals surface area contributed by atoms with Crippen molar-refractivity contribution in [2.75, 3.05) is 6.61 Å². The molecule has 0 aromatic carbocycles. The maximum absolute atomic E-state index is 12.7. The van der Waals surface area contributed by atoms with E-state index in [0.717, 1.165) is 34.0 Å². The molecule has 2 atom stereocenters. The van der Waals surface area contributed by atoms with E-state index < -0.39 is 0 Å². The molecule has 3 rings (SSSR count). The molecule has 1 amide bonds. The highest BCUT2D eigenvalue weighted by Crippen LogP contribution is 2.37. The molecule has 1 aliphatic heterocycles. The van der Waals surface area contributed by atoms with Gasteiger partial charge in [-0.15, -0.1) is 0 Å². The summed E-state index contributed by atoms with van der Waals surface area (Å²) in [4.78, 5) is 12.7. The van der Waals surface area contributed by atoms with E-state index in [9.17, 15) is 4.79 Å². The third-order valence-corrected chi connectivity index (χ3v) is 4.90. The molecule has 1 saturated heterocycles. The lowest BCUT2D eigenvalue weighted by molar-refractivity contribution is -0.127. The predicted molar refractivity (Wildman–Crippen MR) is 87.3 cm³/mol. The van der Waals surface area contributed by atoms with Crippen LogP contribution in [0.2, 0.25) is 0 Å². The van der Waals surface area contributed by atoms with Crippen molar-refractivity contribution < 1.29 is 14.1 Å². The lowest BCUT2D eigenvalue weighted by Crippen LogP contribution is -2.32. The first-order valence-electron chi connectivity index (χ1n) is 8.21. The van der Waals surface area contributed by atoms with Crippen LogP contribution < -0.4 is 5.32 Å². The summed E-state index contributed by atoms with van der Waals surface area (Å²) in [6.07, 6.45) is 0.481. The number of hydrogen-bond acceptors (Lipinski definition) is 5. The molecule has 3 heterocycles. The van der Waals surface area contributed by atoms with Crippen molar-refractivity contribution >= 4 is 5.91 Å². The highest BCUT2D eigenvalue weighted by Gasteiger charge is 2.38. The topological polar surface area (TPSA) is 82.2 Å². The average molecular weight is 332 g/mol. The predicted octanol–water partition coefficient (Wildman–Crippen LogP) is 2.04. The van der Waals surface area contributed by atoms with Gasteiger partial charge in [0.05, 0.1) is 23.4 Å². The first-order valence-corrected chi connectivity index (χ1v) is 8.21. The van der Waals surface area contributed by atoms with Crippen molar-refractivity contribution in [2.24, 2.45) is 13.0 Å². The lowest BCUT2D eigenvalue weighted by Gasteiger charge is -2.19. The SMILES string of the molecule is Cc1noc(C)c1CNC(=O)[C@H]1CCO[C@@H]1c1c(C)nn(C)c1C. The Labute approximate surface area is 141 Å². The van der Waals surface area contributed by atoms with Crippen LogP contribution >= 0.6 is 0 Å². The van der Waals surface area contributed by atoms with Gasteiger partial charge in [0, 0.05) is 37.0 Å². The zero-order valence-corrected chi connectivity index (χ0v) is 14.8. The van der Waals surface area contributed by atoms with E-state index in [2.05, 4.69) is 15.6 Å². The van der Waals surface area contributed by atoms with Crippen molar-refractivity contribution in [2.45, 2.75) is 46.8 Å². The van der Waals surface area contributed by atoms with E-state index in [-0.39, 0.29) is 17.9 Å². The van der Waals surface area contributed by atoms with Crippen molar-refractivity contribution in [3.05, 3.63) is 34.0 Å². The van der Waals surface area contributed by atoms with E-state index in [4.69, 9.17) is 9.26 Å². The number of hydrogen-bond donors (Lipinski definition) is 1. The van der Waals surface area contributed by atoms with Gasteiger partial charge in [0.1, 0.15) is 5.76 Å². The Kier molecular flexibility index (Phi) is 4.45. The molecule has 7 nitrogen and oxygen atoms in total. The fourth-order valence-corrected chi connectivity index (χ4v) is 3.41. The maximum atomic E-state index is 12.7. The summed E-state index contributed by atoms with van der Waals surface area (Å²) in [5.74, 6) is 0.540. The zero-order valence-electron chi connectivity index (χ0n) is 14.8. The molecule has 2 aromatic rings. The maximum Gasteiger partial charge on any atom is 0.226 e. The summed E-state index contributed by atoms with van der Waals surface area (Å²) in [5, 5.41) is 11.4. The normalized spacial score (nSPS) is 20.5. The largest absolute Gasteiger partial charge is 0.373 e. The summed E-state index contributed by atoms with van der Waals surface area (Å²) in [7, 11) is 1.91. The van der Waals surface area contributed by atoms with Gasteiger partial charge in [0.15, 0.2) is 0 Å². The minimum absolute atomic E-state index is 0.000142. The molecule has 1 aliphatic rings. The van der Waals surface area contributed by atoms with Gasteiger partial charge in [-0.2, -0.15) is 5.10 Å². The Bertz CT molecular complexity index is 743. The van der Waals surface area contributed by atoms with Crippen LogP contribution in [0.1, 0.15) is 46.5 Å². The fourth-order valence-electron chi connectivity index (χ4n) is 3.41. The highest BCUT2D eigenvalue weighted by atomic mass is 16.5. The van der Waals surface area contributed by atoms with Gasteiger partial charge in [-0.25, -0.2) is 0 Å². The van der Waals surface area contributed by atoms with Crippen LogP contribution in [-0.2, 0) is 23.1 Å². The van der Waals surface area contributed by atoms with Crippen molar-refractivity contribution in [1.82, 2.24) is 20.3 Å². The van der Waals surface area contributed by atoms with Crippen LogP contribution in [0.25, 0.3) is 0 Å². The second-order valence-corrected chi connectivity index (χ2v) is 6.42. The number of carbonyl (C=O) groups is 1. The number of ether oxygens (including phenoxy) is 1. The Hall–Kier alpha value is -2.15. The first kappa shape index (κ1) is 16.7. The molecular weight excluding hydrogens is 308 g/mol. The van der Waals surface area contributed by atoms with Gasteiger partial charge in [-0.05, 0) is 34.1 Å². The van der Waals surface area contributed by atoms with Crippen molar-refractivity contribution in [1.29, 1.82) is 0 Å². The number of amides is 1. The summed E-state index contributed by atoms with van der Waals surface area (Å²) in [6, 6.07) is 0. The molecule has 7 heteroatoms. The zero-order chi connectivity index (χ0) is 17.4. The Balaban J connectivity index is 1.74. The van der Waals surface area contributed by atoms with Crippen LogP contribution in [0.15, 0.2) is 4.52 Å². The van der Waals surface area contributed by atoms with Gasteiger partial charge in [0.2, 0.25) is 5.91 Å². The quantitative estimate of drug-likeness (QED) is 0.926. The lowest BCUT2D eigenvalue weighted by atomic mass is 9.93. The smallest absolute Gasteiger partial charge is 0.226 e. The summed E-state index contributed by atoms with van der Waals surface area (Å²) in [6.45, 7) is 8.71. The third-order valence-electron chi connectivity index (χ3n) is 4.90. The fraction of sp³-hybridized carbons (Fsp3) is 0.588. The Morgan fingerprint density at radius 1 is 1.29 bits per heavy atom. The van der Waals surface area contributed by atoms with E-state index in [0.29, 0.717) is 19.6 Å². The van der Waals surface area contributed by atoms with Gasteiger partial charge in [-0.3, -0.25) is 9.48 Å². The van der Waals surface area contributed by atoms with Gasteiger partial charge in [-0.1, -0.05) is 5.16 Å². The third kappa shape index (κ3) is 2.84. The second kappa shape index (κ2) is 6.39. The number of nitrogens with zero attached hydrogens (tertiary/aromatic N) is 3. The summed E-state index contributed by atoms with van der Waals surface area (Å²) in [5.41, 5.74) is 4.75. The van der Waals surface area contributed by atoms with Gasteiger partial charge in [0.25, 0.3) is 0 Å². The molecule has 1 N–H and O–H groups in total. The molecule has 1 fully saturated rings. The van der Waals surface area contributed by atoms with Crippen molar-refractivity contribution in [3.63, 3.8) is 0 Å². The van der Waals surface area contributed by atoms with Crippen LogP contribution in [-0.4, -0.2) is 27.5 Å². The molecule has 0 spiro atoms. The van der Waals surface area contributed by atoms with E-state index in [1.807, 2.05) is 39.4 Å². The standard InChI is InChI=1S/C17H24N4O3/c1-9-14(12(4)24-20-9)8-18-17(22)13-6-7-23-16(13)15-10(2)19-21(5)11(15)3/h13,16H,6-8H2,1-5H3,(H,18,22)/t13-,16-/m0/s1. The molecule has 24 heavy (non-hydrogen) atoms.